The Bertz CT molecular complexity index is 858. The van der Waals surface area contributed by atoms with E-state index in [2.05, 4.69) is 15.9 Å². The van der Waals surface area contributed by atoms with Crippen LogP contribution in [-0.2, 0) is 0 Å². The minimum atomic E-state index is -0.908. The van der Waals surface area contributed by atoms with Gasteiger partial charge in [0.1, 0.15) is 10.6 Å². The highest BCUT2D eigenvalue weighted by molar-refractivity contribution is 9.10. The minimum Gasteiger partial charge on any atom is -0.497 e. The lowest BCUT2D eigenvalue weighted by Gasteiger charge is -2.05. The van der Waals surface area contributed by atoms with Crippen LogP contribution in [0.2, 0.25) is 0 Å². The molecular weight excluding hydrogens is 384 g/mol. The summed E-state index contributed by atoms with van der Waals surface area (Å²) in [5.41, 5.74) is 0. The second kappa shape index (κ2) is 6.32. The van der Waals surface area contributed by atoms with Crippen LogP contribution in [0.1, 0.15) is 9.67 Å². The van der Waals surface area contributed by atoms with Gasteiger partial charge >= 0.3 is 5.97 Å². The van der Waals surface area contributed by atoms with Gasteiger partial charge in [-0.1, -0.05) is 23.9 Å². The molecule has 0 atom stereocenters. The number of hydrogen-bond acceptors (Lipinski definition) is 4. The Balaban J connectivity index is 2.19. The molecule has 3 rings (SSSR count). The van der Waals surface area contributed by atoms with E-state index >= 15 is 0 Å². The Kier molecular flexibility index (Phi) is 4.42. The van der Waals surface area contributed by atoms with Crippen LogP contribution < -0.4 is 4.74 Å². The number of ether oxygens (including phenoxy) is 1. The first-order valence-electron chi connectivity index (χ1n) is 6.36. The predicted octanol–water partition coefficient (Wildman–Crippen LogP) is 5.52. The summed E-state index contributed by atoms with van der Waals surface area (Å²) in [6.07, 6.45) is 0. The average Bonchev–Trinajstić information content (AvgIpc) is 2.87. The van der Waals surface area contributed by atoms with Gasteiger partial charge < -0.3 is 9.84 Å². The number of rotatable bonds is 4. The van der Waals surface area contributed by atoms with Gasteiger partial charge in [0.05, 0.1) is 7.11 Å². The molecule has 6 heteroatoms. The van der Waals surface area contributed by atoms with Crippen LogP contribution in [0, 0.1) is 0 Å². The Hall–Kier alpha value is -1.50. The standard InChI is InChI=1S/C16H11BrO3S2/c1-20-9-6-7-12-10(8-9)14(15(21-12)16(18)19)22-13-5-3-2-4-11(13)17/h2-8H,1H3,(H,18,19). The summed E-state index contributed by atoms with van der Waals surface area (Å²) in [5, 5.41) is 10.4. The highest BCUT2D eigenvalue weighted by Crippen LogP contribution is 2.44. The lowest BCUT2D eigenvalue weighted by molar-refractivity contribution is 0.0699. The Labute approximate surface area is 144 Å². The van der Waals surface area contributed by atoms with Gasteiger partial charge in [0, 0.05) is 24.3 Å². The molecule has 1 heterocycles. The summed E-state index contributed by atoms with van der Waals surface area (Å²) in [5.74, 6) is -0.189. The number of carboxylic acid groups (broad SMARTS) is 1. The number of halogens is 1. The Morgan fingerprint density at radius 1 is 1.27 bits per heavy atom. The van der Waals surface area contributed by atoms with Crippen LogP contribution in [0.25, 0.3) is 10.1 Å². The highest BCUT2D eigenvalue weighted by atomic mass is 79.9. The molecule has 0 unspecified atom stereocenters. The summed E-state index contributed by atoms with van der Waals surface area (Å²) in [6, 6.07) is 13.4. The first kappa shape index (κ1) is 15.4. The minimum absolute atomic E-state index is 0.351. The van der Waals surface area contributed by atoms with E-state index in [1.807, 2.05) is 42.5 Å². The SMILES string of the molecule is COc1ccc2sc(C(=O)O)c(Sc3ccccc3Br)c2c1. The van der Waals surface area contributed by atoms with Crippen molar-refractivity contribution in [2.24, 2.45) is 0 Å². The molecule has 0 aliphatic carbocycles. The van der Waals surface area contributed by atoms with Crippen molar-refractivity contribution in [3.8, 4) is 5.75 Å². The number of thiophene rings is 1. The molecule has 22 heavy (non-hydrogen) atoms. The molecule has 3 nitrogen and oxygen atoms in total. The molecule has 2 aromatic carbocycles. The first-order chi connectivity index (χ1) is 10.6. The van der Waals surface area contributed by atoms with Crippen molar-refractivity contribution < 1.29 is 14.6 Å². The number of fused-ring (bicyclic) bond motifs is 1. The molecule has 3 aromatic rings. The van der Waals surface area contributed by atoms with E-state index < -0.39 is 5.97 Å². The molecule has 1 N–H and O–H groups in total. The van der Waals surface area contributed by atoms with Crippen molar-refractivity contribution >= 4 is 55.1 Å². The van der Waals surface area contributed by atoms with Gasteiger partial charge in [-0.3, -0.25) is 0 Å². The molecule has 0 amide bonds. The average molecular weight is 395 g/mol. The quantitative estimate of drug-likeness (QED) is 0.632. The van der Waals surface area contributed by atoms with Crippen molar-refractivity contribution in [3.05, 3.63) is 51.8 Å². The molecular formula is C16H11BrO3S2. The summed E-state index contributed by atoms with van der Waals surface area (Å²) in [4.78, 5) is 13.7. The van der Waals surface area contributed by atoms with Gasteiger partial charge in [0.25, 0.3) is 0 Å². The van der Waals surface area contributed by atoms with Crippen molar-refractivity contribution in [1.29, 1.82) is 0 Å². The van der Waals surface area contributed by atoms with Crippen LogP contribution >= 0.6 is 39.0 Å². The van der Waals surface area contributed by atoms with Crippen LogP contribution in [-0.4, -0.2) is 18.2 Å². The van der Waals surface area contributed by atoms with Crippen LogP contribution in [0.3, 0.4) is 0 Å². The maximum Gasteiger partial charge on any atom is 0.347 e. The van der Waals surface area contributed by atoms with Gasteiger partial charge in [0.15, 0.2) is 0 Å². The third kappa shape index (κ3) is 2.86. The third-order valence-electron chi connectivity index (χ3n) is 3.09. The fourth-order valence-electron chi connectivity index (χ4n) is 2.06. The van der Waals surface area contributed by atoms with Gasteiger partial charge in [-0.25, -0.2) is 4.79 Å². The molecule has 0 fully saturated rings. The van der Waals surface area contributed by atoms with Gasteiger partial charge in [-0.05, 0) is 46.3 Å². The topological polar surface area (TPSA) is 46.5 Å². The summed E-state index contributed by atoms with van der Waals surface area (Å²) >= 11 is 6.24. The highest BCUT2D eigenvalue weighted by Gasteiger charge is 2.20. The Morgan fingerprint density at radius 2 is 2.05 bits per heavy atom. The second-order valence-corrected chi connectivity index (χ2v) is 7.42. The second-order valence-electron chi connectivity index (χ2n) is 4.46. The van der Waals surface area contributed by atoms with E-state index in [1.54, 1.807) is 7.11 Å². The van der Waals surface area contributed by atoms with E-state index in [9.17, 15) is 9.90 Å². The zero-order valence-electron chi connectivity index (χ0n) is 11.5. The molecule has 0 spiro atoms. The van der Waals surface area contributed by atoms with Crippen molar-refractivity contribution in [3.63, 3.8) is 0 Å². The molecule has 0 aliphatic heterocycles. The third-order valence-corrected chi connectivity index (χ3v) is 6.54. The summed E-state index contributed by atoms with van der Waals surface area (Å²) < 4.78 is 7.14. The molecule has 0 aliphatic rings. The number of methoxy groups -OCH3 is 1. The summed E-state index contributed by atoms with van der Waals surface area (Å²) in [7, 11) is 1.60. The van der Waals surface area contributed by atoms with Crippen LogP contribution in [0.15, 0.2) is 56.7 Å². The molecule has 112 valence electrons. The van der Waals surface area contributed by atoms with E-state index in [0.29, 0.717) is 4.88 Å². The molecule has 0 bridgehead atoms. The van der Waals surface area contributed by atoms with Gasteiger partial charge in [0.2, 0.25) is 0 Å². The largest absolute Gasteiger partial charge is 0.497 e. The monoisotopic (exact) mass is 394 g/mol. The molecule has 1 aromatic heterocycles. The van der Waals surface area contributed by atoms with Gasteiger partial charge in [-0.2, -0.15) is 0 Å². The van der Waals surface area contributed by atoms with Crippen LogP contribution in [0.4, 0.5) is 0 Å². The van der Waals surface area contributed by atoms with Gasteiger partial charge in [-0.15, -0.1) is 11.3 Å². The number of carbonyl (C=O) groups is 1. The number of carboxylic acids is 1. The number of hydrogen-bond donors (Lipinski definition) is 1. The van der Waals surface area contributed by atoms with Crippen molar-refractivity contribution in [2.45, 2.75) is 9.79 Å². The lowest BCUT2D eigenvalue weighted by atomic mass is 10.2. The van der Waals surface area contributed by atoms with E-state index in [1.165, 1.54) is 23.1 Å². The van der Waals surface area contributed by atoms with E-state index in [-0.39, 0.29) is 0 Å². The Morgan fingerprint density at radius 3 is 2.73 bits per heavy atom. The van der Waals surface area contributed by atoms with E-state index in [0.717, 1.165) is 30.1 Å². The van der Waals surface area contributed by atoms with Crippen LogP contribution in [0.5, 0.6) is 5.75 Å². The molecule has 0 radical (unpaired) electrons. The zero-order chi connectivity index (χ0) is 15.7. The van der Waals surface area contributed by atoms with Crippen molar-refractivity contribution in [1.82, 2.24) is 0 Å². The maximum atomic E-state index is 11.6. The van der Waals surface area contributed by atoms with E-state index in [4.69, 9.17) is 4.74 Å². The molecule has 0 saturated heterocycles. The number of benzene rings is 2. The first-order valence-corrected chi connectivity index (χ1v) is 8.79. The molecule has 0 saturated carbocycles. The smallest absolute Gasteiger partial charge is 0.347 e. The maximum absolute atomic E-state index is 11.6. The number of aromatic carboxylic acids is 1. The predicted molar refractivity (Wildman–Crippen MR) is 93.6 cm³/mol. The lowest BCUT2D eigenvalue weighted by Crippen LogP contribution is -1.93. The summed E-state index contributed by atoms with van der Waals surface area (Å²) in [6.45, 7) is 0. The normalized spacial score (nSPS) is 10.8. The fraction of sp³-hybridized carbons (Fsp3) is 0.0625. The fourth-order valence-corrected chi connectivity index (χ4v) is 4.81. The van der Waals surface area contributed by atoms with Crippen molar-refractivity contribution in [2.75, 3.05) is 7.11 Å². The zero-order valence-corrected chi connectivity index (χ0v) is 14.7.